The quantitative estimate of drug-likeness (QED) is 0.149. The molecule has 5 nitrogen and oxygen atoms in total. The number of benzene rings is 7. The summed E-state index contributed by atoms with van der Waals surface area (Å²) in [6.45, 7) is 17.4. The Morgan fingerprint density at radius 3 is 1.77 bits per heavy atom. The summed E-state index contributed by atoms with van der Waals surface area (Å²) in [6.07, 6.45) is 1.88. The van der Waals surface area contributed by atoms with Crippen LogP contribution in [0.5, 0.6) is 11.5 Å². The van der Waals surface area contributed by atoms with Crippen LogP contribution in [-0.4, -0.2) is 19.7 Å². The largest absolute Gasteiger partial charge is 0.457 e. The molecule has 318 valence electrons. The highest BCUT2D eigenvalue weighted by Crippen LogP contribution is 2.51. The minimum absolute atomic E-state index is 0.0760. The maximum absolute atomic E-state index is 9.27. The van der Waals surface area contributed by atoms with Crippen LogP contribution in [0.1, 0.15) is 66.4 Å². The molecule has 64 heavy (non-hydrogen) atoms. The Hall–Kier alpha value is -6.89. The molecule has 10 rings (SSSR count). The Kier molecular flexibility index (Phi) is 7.62. The van der Waals surface area contributed by atoms with E-state index in [9.17, 15) is 5.48 Å². The molecule has 0 bridgehead atoms. The molecule has 6 heteroatoms. The lowest BCUT2D eigenvalue weighted by Gasteiger charge is -2.40. The molecule has 0 N–H and O–H groups in total. The van der Waals surface area contributed by atoms with E-state index in [-0.39, 0.29) is 34.3 Å². The van der Waals surface area contributed by atoms with Crippen LogP contribution in [0, 0.1) is 0 Å². The molecule has 3 heterocycles. The lowest BCUT2D eigenvalue weighted by molar-refractivity contribution is 0.483. The molecule has 0 radical (unpaired) electrons. The average molecular weight is 863 g/mol. The van der Waals surface area contributed by atoms with Crippen molar-refractivity contribution >= 4 is 58.4 Å². The Labute approximate surface area is 394 Å². The summed E-state index contributed by atoms with van der Waals surface area (Å²) in [5.41, 5.74) is 6.11. The van der Waals surface area contributed by atoms with Gasteiger partial charge in [0.2, 0.25) is 0 Å². The van der Waals surface area contributed by atoms with E-state index < -0.39 is 73.9 Å². The van der Waals surface area contributed by atoms with Gasteiger partial charge in [0.1, 0.15) is 32.1 Å². The maximum Gasteiger partial charge on any atom is 0.137 e. The minimum Gasteiger partial charge on any atom is -0.457 e. The normalized spacial score (nSPS) is 16.4. The second-order valence-corrected chi connectivity index (χ2v) is 23.4. The molecule has 0 spiro atoms. The molecule has 8 aromatic rings. The summed E-state index contributed by atoms with van der Waals surface area (Å²) in [7, 11) is -2.19. The van der Waals surface area contributed by atoms with Gasteiger partial charge in [0, 0.05) is 40.8 Å². The van der Waals surface area contributed by atoms with Gasteiger partial charge in [0.15, 0.2) is 0 Å². The first-order chi connectivity index (χ1) is 34.9. The number of nitrogens with zero attached hydrogens (tertiary/aromatic N) is 4. The lowest BCUT2D eigenvalue weighted by Crippen LogP contribution is -2.58. The number of hydrogen-bond acceptors (Lipinski definition) is 5. The number of anilines is 7. The first kappa shape index (κ1) is 31.0. The predicted octanol–water partition coefficient (Wildman–Crippen LogP) is 14.7. The number of aromatic nitrogens is 1. The fraction of sp³-hybridized carbons (Fsp3) is 0.190. The van der Waals surface area contributed by atoms with Crippen LogP contribution in [0.15, 0.2) is 182 Å². The Morgan fingerprint density at radius 1 is 0.547 bits per heavy atom. The number of pyridine rings is 1. The van der Waals surface area contributed by atoms with Gasteiger partial charge in [0.25, 0.3) is 0 Å². The van der Waals surface area contributed by atoms with Crippen LogP contribution in [0.25, 0.3) is 22.3 Å². The van der Waals surface area contributed by atoms with Gasteiger partial charge >= 0.3 is 0 Å². The van der Waals surface area contributed by atoms with Crippen LogP contribution >= 0.6 is 0 Å². The molecular formula is C58H56N4OSi. The van der Waals surface area contributed by atoms with Crippen molar-refractivity contribution in [2.75, 3.05) is 21.4 Å². The van der Waals surface area contributed by atoms with Crippen molar-refractivity contribution < 1.29 is 18.4 Å². The molecule has 7 aromatic carbocycles. The molecule has 0 saturated carbocycles. The van der Waals surface area contributed by atoms with Crippen molar-refractivity contribution in [3.63, 3.8) is 0 Å². The predicted molar refractivity (Wildman–Crippen MR) is 272 cm³/mol. The van der Waals surface area contributed by atoms with E-state index in [1.165, 1.54) is 15.9 Å². The van der Waals surface area contributed by atoms with E-state index in [1.807, 2.05) is 86.5 Å². The summed E-state index contributed by atoms with van der Waals surface area (Å²) in [5, 5.41) is 2.58. The topological polar surface area (TPSA) is 31.8 Å². The highest BCUT2D eigenvalue weighted by molar-refractivity contribution is 7.02. The molecule has 0 fully saturated rings. The monoisotopic (exact) mass is 862 g/mol. The number of ether oxygens (including phenoxy) is 1. The van der Waals surface area contributed by atoms with Gasteiger partial charge in [-0.05, 0) is 104 Å². The van der Waals surface area contributed by atoms with E-state index in [0.29, 0.717) is 28.4 Å². The number of rotatable bonds is 7. The fourth-order valence-electron chi connectivity index (χ4n) is 9.00. The molecule has 2 aliphatic heterocycles. The highest BCUT2D eigenvalue weighted by Gasteiger charge is 2.39. The van der Waals surface area contributed by atoms with Gasteiger partial charge in [-0.2, -0.15) is 0 Å². The first-order valence-electron chi connectivity index (χ1n) is 26.7. The maximum atomic E-state index is 9.27. The highest BCUT2D eigenvalue weighted by atomic mass is 28.3. The van der Waals surface area contributed by atoms with Crippen molar-refractivity contribution in [3.05, 3.63) is 193 Å². The van der Waals surface area contributed by atoms with E-state index in [2.05, 4.69) is 92.2 Å². The summed E-state index contributed by atoms with van der Waals surface area (Å²) in [5.74, 6) is 2.03. The van der Waals surface area contributed by atoms with E-state index in [0.717, 1.165) is 28.6 Å². The third-order valence-corrected chi connectivity index (χ3v) is 16.0. The number of para-hydroxylation sites is 3. The zero-order valence-corrected chi connectivity index (χ0v) is 38.5. The summed E-state index contributed by atoms with van der Waals surface area (Å²) in [6, 6.07) is 33.3. The molecule has 0 saturated heterocycles. The molecule has 0 aliphatic carbocycles. The van der Waals surface area contributed by atoms with Crippen LogP contribution in [0.2, 0.25) is 13.1 Å². The van der Waals surface area contributed by atoms with Crippen molar-refractivity contribution in [2.45, 2.75) is 65.5 Å². The van der Waals surface area contributed by atoms with Gasteiger partial charge in [-0.1, -0.05) is 158 Å². The number of hydrogen-bond donors (Lipinski definition) is 0. The van der Waals surface area contributed by atoms with Gasteiger partial charge in [0.05, 0.1) is 36.5 Å². The fourth-order valence-corrected chi connectivity index (χ4v) is 12.0. The smallest absolute Gasteiger partial charge is 0.137 e. The molecule has 0 unspecified atom stereocenters. The van der Waals surface area contributed by atoms with Crippen LogP contribution in [0.3, 0.4) is 0 Å². The van der Waals surface area contributed by atoms with Crippen molar-refractivity contribution in [3.8, 4) is 33.8 Å². The first-order valence-corrected chi connectivity index (χ1v) is 24.7. The molecule has 2 aliphatic rings. The Balaban J connectivity index is 1.12. The standard InChI is InChI=1S/C58H56N4OSi/c1-57(2,3)42-32-33-59-55(36-42)62-51-28-17-18-29-53(51)64(7,8)54-31-30-46(38-52(54)62)63-45-25-19-24-44(37-45)60-39-61(50-27-16-15-26-49(50)60)56-47(40-20-11-9-12-21-40)34-43(58(4,5)6)35-48(56)41-22-13-10-14-23-41/h9-38H,39H2,1-8H3/i9D,10D,11D,12D,13D,14D,20D,21D,22D,23D. The van der Waals surface area contributed by atoms with Crippen LogP contribution < -0.4 is 29.8 Å². The van der Waals surface area contributed by atoms with Gasteiger partial charge < -0.3 is 14.5 Å². The summed E-state index contributed by atoms with van der Waals surface area (Å²) < 4.78 is 95.9. The van der Waals surface area contributed by atoms with E-state index in [1.54, 1.807) is 12.1 Å². The average Bonchev–Trinajstić information content (AvgIpc) is 3.77. The second-order valence-electron chi connectivity index (χ2n) is 19.1. The van der Waals surface area contributed by atoms with Crippen LogP contribution in [0.4, 0.5) is 39.9 Å². The van der Waals surface area contributed by atoms with Gasteiger partial charge in [-0.3, -0.25) is 4.90 Å². The zero-order chi connectivity index (χ0) is 53.1. The SMILES string of the molecule is [2H]c1c([2H])c([2H])c(-c2cc(C(C)(C)C)cc(-c3c([2H])c([2H])c([2H])c([2H])c3[2H])c2N2CN(c3cccc(Oc4ccc5c(c4)N(c4cc(C(C)(C)C)ccn4)c4ccccc4[Si]5(C)C)c3)c3ccccc32)c([2H])c1[2H]. The zero-order valence-electron chi connectivity index (χ0n) is 47.5. The molecular weight excluding hydrogens is 797 g/mol. The third-order valence-electron chi connectivity index (χ3n) is 12.4. The second kappa shape index (κ2) is 15.7. The van der Waals surface area contributed by atoms with Gasteiger partial charge in [-0.25, -0.2) is 4.98 Å². The Bertz CT molecular complexity index is 3480. The van der Waals surface area contributed by atoms with Crippen molar-refractivity contribution in [1.29, 1.82) is 0 Å². The summed E-state index contributed by atoms with van der Waals surface area (Å²) >= 11 is 0. The van der Waals surface area contributed by atoms with Gasteiger partial charge in [-0.15, -0.1) is 0 Å². The van der Waals surface area contributed by atoms with Crippen molar-refractivity contribution in [1.82, 2.24) is 4.98 Å². The number of fused-ring (bicyclic) bond motifs is 3. The minimum atomic E-state index is -2.19. The molecule has 0 atom stereocenters. The third kappa shape index (κ3) is 7.35. The lowest BCUT2D eigenvalue weighted by atomic mass is 9.82. The van der Waals surface area contributed by atoms with Crippen LogP contribution in [-0.2, 0) is 10.8 Å². The van der Waals surface area contributed by atoms with Crippen molar-refractivity contribution in [2.24, 2.45) is 0 Å². The molecule has 1 aromatic heterocycles. The molecule has 0 amide bonds. The van der Waals surface area contributed by atoms with E-state index >= 15 is 0 Å². The van der Waals surface area contributed by atoms with E-state index in [4.69, 9.17) is 17.9 Å². The Morgan fingerprint density at radius 2 is 1.12 bits per heavy atom. The summed E-state index contributed by atoms with van der Waals surface area (Å²) in [4.78, 5) is 11.2.